The van der Waals surface area contributed by atoms with Gasteiger partial charge in [-0.3, -0.25) is 4.68 Å². The molecule has 0 radical (unpaired) electrons. The van der Waals surface area contributed by atoms with Crippen LogP contribution in [0.3, 0.4) is 0 Å². The van der Waals surface area contributed by atoms with Crippen LogP contribution in [0, 0.1) is 0 Å². The Hall–Kier alpha value is -0.980. The van der Waals surface area contributed by atoms with Crippen molar-refractivity contribution in [2.45, 2.75) is 52.6 Å². The average molecular weight is 328 g/mol. The highest BCUT2D eigenvalue weighted by atomic mass is 35.5. The molecule has 2 aromatic heterocycles. The number of nitrogens with one attached hydrogen (secondary N) is 1. The summed E-state index contributed by atoms with van der Waals surface area (Å²) in [4.78, 5) is 1.15. The standard InChI is InChI=1S/C14H22ClN5S/c1-4-7-11-14(21-19-18-11)12(16-6-3)13-10(15)9-17-20(13)8-5-2/h9,12,16H,4-8H2,1-3H3. The van der Waals surface area contributed by atoms with Gasteiger partial charge in [-0.1, -0.05) is 43.3 Å². The monoisotopic (exact) mass is 327 g/mol. The van der Waals surface area contributed by atoms with Gasteiger partial charge in [0, 0.05) is 6.54 Å². The van der Waals surface area contributed by atoms with E-state index in [0.717, 1.165) is 48.6 Å². The first-order chi connectivity index (χ1) is 10.2. The SMILES string of the molecule is CCCc1nnsc1C(NCC)c1c(Cl)cnn1CCC. The van der Waals surface area contributed by atoms with Crippen molar-refractivity contribution < 1.29 is 0 Å². The van der Waals surface area contributed by atoms with Crippen molar-refractivity contribution in [2.24, 2.45) is 0 Å². The molecule has 0 aliphatic heterocycles. The highest BCUT2D eigenvalue weighted by molar-refractivity contribution is 7.05. The zero-order valence-corrected chi connectivity index (χ0v) is 14.3. The second kappa shape index (κ2) is 7.87. The minimum atomic E-state index is 0.0121. The third-order valence-electron chi connectivity index (χ3n) is 3.28. The minimum absolute atomic E-state index is 0.0121. The summed E-state index contributed by atoms with van der Waals surface area (Å²) < 4.78 is 6.13. The fourth-order valence-corrected chi connectivity index (χ4v) is 3.44. The first-order valence-electron chi connectivity index (χ1n) is 7.48. The molecule has 0 aromatic carbocycles. The largest absolute Gasteiger partial charge is 0.304 e. The molecule has 0 aliphatic rings. The number of halogens is 1. The van der Waals surface area contributed by atoms with Crippen molar-refractivity contribution >= 4 is 23.1 Å². The smallest absolute Gasteiger partial charge is 0.0892 e. The van der Waals surface area contributed by atoms with Crippen LogP contribution in [0.15, 0.2) is 6.20 Å². The Labute approximate surface area is 134 Å². The average Bonchev–Trinajstić information content (AvgIpc) is 3.05. The number of rotatable bonds is 8. The minimum Gasteiger partial charge on any atom is -0.304 e. The van der Waals surface area contributed by atoms with E-state index in [9.17, 15) is 0 Å². The van der Waals surface area contributed by atoms with E-state index < -0.39 is 0 Å². The molecule has 116 valence electrons. The summed E-state index contributed by atoms with van der Waals surface area (Å²) in [5, 5.41) is 12.9. The summed E-state index contributed by atoms with van der Waals surface area (Å²) in [7, 11) is 0. The molecule has 5 nitrogen and oxygen atoms in total. The first-order valence-corrected chi connectivity index (χ1v) is 8.63. The predicted octanol–water partition coefficient (Wildman–Crippen LogP) is 3.45. The van der Waals surface area contributed by atoms with Gasteiger partial charge in [-0.15, -0.1) is 5.10 Å². The molecule has 7 heteroatoms. The van der Waals surface area contributed by atoms with Gasteiger partial charge in [0.05, 0.1) is 33.5 Å². The lowest BCUT2D eigenvalue weighted by Crippen LogP contribution is -2.25. The molecule has 1 atom stereocenters. The van der Waals surface area contributed by atoms with Gasteiger partial charge in [0.15, 0.2) is 0 Å². The molecular formula is C14H22ClN5S. The second-order valence-electron chi connectivity index (χ2n) is 4.93. The highest BCUT2D eigenvalue weighted by Gasteiger charge is 2.26. The normalized spacial score (nSPS) is 12.8. The zero-order valence-electron chi connectivity index (χ0n) is 12.8. The van der Waals surface area contributed by atoms with E-state index in [1.54, 1.807) is 6.20 Å². The zero-order chi connectivity index (χ0) is 15.2. The van der Waals surface area contributed by atoms with Crippen molar-refractivity contribution in [3.8, 4) is 0 Å². The molecule has 21 heavy (non-hydrogen) atoms. The lowest BCUT2D eigenvalue weighted by atomic mass is 10.1. The van der Waals surface area contributed by atoms with Crippen LogP contribution in [0.2, 0.25) is 5.02 Å². The van der Waals surface area contributed by atoms with Gasteiger partial charge in [-0.25, -0.2) is 0 Å². The maximum Gasteiger partial charge on any atom is 0.0892 e. The maximum absolute atomic E-state index is 6.40. The molecule has 2 heterocycles. The van der Waals surface area contributed by atoms with E-state index in [4.69, 9.17) is 11.6 Å². The summed E-state index contributed by atoms with van der Waals surface area (Å²) in [5.41, 5.74) is 2.08. The Morgan fingerprint density at radius 3 is 2.81 bits per heavy atom. The second-order valence-corrected chi connectivity index (χ2v) is 6.12. The van der Waals surface area contributed by atoms with Gasteiger partial charge in [0.2, 0.25) is 0 Å². The van der Waals surface area contributed by atoms with E-state index >= 15 is 0 Å². The number of nitrogens with zero attached hydrogens (tertiary/aromatic N) is 4. The van der Waals surface area contributed by atoms with Gasteiger partial charge in [0.25, 0.3) is 0 Å². The molecule has 0 aliphatic carbocycles. The van der Waals surface area contributed by atoms with E-state index in [2.05, 4.69) is 40.8 Å². The Bertz CT molecular complexity index is 565. The first kappa shape index (κ1) is 16.4. The molecule has 0 saturated heterocycles. The topological polar surface area (TPSA) is 55.6 Å². The van der Waals surface area contributed by atoms with Crippen molar-refractivity contribution in [3.63, 3.8) is 0 Å². The Kier molecular flexibility index (Phi) is 6.14. The number of hydrogen-bond acceptors (Lipinski definition) is 5. The van der Waals surface area contributed by atoms with Crippen molar-refractivity contribution in [2.75, 3.05) is 6.54 Å². The number of aryl methyl sites for hydroxylation is 2. The predicted molar refractivity (Wildman–Crippen MR) is 87.0 cm³/mol. The molecule has 0 amide bonds. The Morgan fingerprint density at radius 1 is 1.33 bits per heavy atom. The van der Waals surface area contributed by atoms with Crippen LogP contribution in [0.5, 0.6) is 0 Å². The van der Waals surface area contributed by atoms with E-state index in [0.29, 0.717) is 5.02 Å². The third kappa shape index (κ3) is 3.62. The lowest BCUT2D eigenvalue weighted by molar-refractivity contribution is 0.521. The number of hydrogen-bond donors (Lipinski definition) is 1. The molecule has 1 N–H and O–H groups in total. The molecular weight excluding hydrogens is 306 g/mol. The van der Waals surface area contributed by atoms with Crippen LogP contribution in [0.1, 0.15) is 55.9 Å². The Morgan fingerprint density at radius 2 is 2.14 bits per heavy atom. The van der Waals surface area contributed by atoms with Gasteiger partial charge in [0.1, 0.15) is 0 Å². The fraction of sp³-hybridized carbons (Fsp3) is 0.643. The van der Waals surface area contributed by atoms with E-state index in [1.807, 2.05) is 4.68 Å². The van der Waals surface area contributed by atoms with Crippen LogP contribution >= 0.6 is 23.1 Å². The summed E-state index contributed by atoms with van der Waals surface area (Å²) in [6.07, 6.45) is 4.74. The van der Waals surface area contributed by atoms with Crippen molar-refractivity contribution in [3.05, 3.63) is 27.5 Å². The van der Waals surface area contributed by atoms with Gasteiger partial charge < -0.3 is 5.32 Å². The number of aromatic nitrogens is 4. The highest BCUT2D eigenvalue weighted by Crippen LogP contribution is 2.32. The van der Waals surface area contributed by atoms with Gasteiger partial charge in [-0.05, 0) is 30.9 Å². The van der Waals surface area contributed by atoms with Crippen LogP contribution in [-0.2, 0) is 13.0 Å². The van der Waals surface area contributed by atoms with Crippen LogP contribution in [-0.4, -0.2) is 25.9 Å². The Balaban J connectivity index is 2.43. The summed E-state index contributed by atoms with van der Waals surface area (Å²) >= 11 is 7.85. The summed E-state index contributed by atoms with van der Waals surface area (Å²) in [5.74, 6) is 0. The van der Waals surface area contributed by atoms with E-state index in [1.165, 1.54) is 11.5 Å². The molecule has 2 rings (SSSR count). The molecule has 1 unspecified atom stereocenters. The van der Waals surface area contributed by atoms with Gasteiger partial charge in [-0.2, -0.15) is 5.10 Å². The van der Waals surface area contributed by atoms with Crippen LogP contribution in [0.4, 0.5) is 0 Å². The third-order valence-corrected chi connectivity index (χ3v) is 4.41. The quantitative estimate of drug-likeness (QED) is 0.806. The summed E-state index contributed by atoms with van der Waals surface area (Å²) in [6, 6.07) is 0.0121. The van der Waals surface area contributed by atoms with Gasteiger partial charge >= 0.3 is 0 Å². The maximum atomic E-state index is 6.40. The van der Waals surface area contributed by atoms with Crippen LogP contribution in [0.25, 0.3) is 0 Å². The molecule has 0 saturated carbocycles. The van der Waals surface area contributed by atoms with Crippen LogP contribution < -0.4 is 5.32 Å². The lowest BCUT2D eigenvalue weighted by Gasteiger charge is -2.19. The summed E-state index contributed by atoms with van der Waals surface area (Å²) in [6.45, 7) is 8.09. The van der Waals surface area contributed by atoms with Crippen molar-refractivity contribution in [1.29, 1.82) is 0 Å². The molecule has 2 aromatic rings. The molecule has 0 spiro atoms. The molecule has 0 bridgehead atoms. The van der Waals surface area contributed by atoms with Crippen molar-refractivity contribution in [1.82, 2.24) is 24.7 Å². The molecule has 0 fully saturated rings. The van der Waals surface area contributed by atoms with E-state index in [-0.39, 0.29) is 6.04 Å². The fourth-order valence-electron chi connectivity index (χ4n) is 2.41.